The van der Waals surface area contributed by atoms with E-state index in [-0.39, 0.29) is 29.4 Å². The van der Waals surface area contributed by atoms with Gasteiger partial charge in [-0.2, -0.15) is 0 Å². The lowest BCUT2D eigenvalue weighted by molar-refractivity contribution is -0.138. The summed E-state index contributed by atoms with van der Waals surface area (Å²) in [5.41, 5.74) is 0.575. The van der Waals surface area contributed by atoms with Crippen molar-refractivity contribution in [2.24, 2.45) is 5.92 Å². The van der Waals surface area contributed by atoms with Gasteiger partial charge in [0.1, 0.15) is 11.7 Å². The van der Waals surface area contributed by atoms with E-state index in [1.165, 1.54) is 12.1 Å². The number of halogens is 2. The highest BCUT2D eigenvalue weighted by molar-refractivity contribution is 6.30. The van der Waals surface area contributed by atoms with Gasteiger partial charge in [0.2, 0.25) is 11.8 Å². The maximum absolute atomic E-state index is 13.3. The van der Waals surface area contributed by atoms with Gasteiger partial charge in [0.25, 0.3) is 0 Å². The summed E-state index contributed by atoms with van der Waals surface area (Å²) in [5.74, 6) is -1.49. The normalized spacial score (nSPS) is 24.3. The van der Waals surface area contributed by atoms with Gasteiger partial charge in [0, 0.05) is 30.7 Å². The maximum atomic E-state index is 13.3. The van der Waals surface area contributed by atoms with E-state index in [0.29, 0.717) is 18.5 Å². The van der Waals surface area contributed by atoms with E-state index in [1.54, 1.807) is 6.07 Å². The predicted octanol–water partition coefficient (Wildman–Crippen LogP) is 1.31. The van der Waals surface area contributed by atoms with Crippen LogP contribution in [0.4, 0.5) is 4.39 Å². The SMILES string of the molecule is O=C(NCc1cc(F)cc(Cl)c1)C1CCN(C2CCNC2)C1=O. The number of amides is 2. The summed E-state index contributed by atoms with van der Waals surface area (Å²) in [6.45, 7) is 2.48. The van der Waals surface area contributed by atoms with Gasteiger partial charge in [-0.1, -0.05) is 11.6 Å². The lowest BCUT2D eigenvalue weighted by Crippen LogP contribution is -2.42. The molecule has 23 heavy (non-hydrogen) atoms. The van der Waals surface area contributed by atoms with Gasteiger partial charge in [0.15, 0.2) is 0 Å². The highest BCUT2D eigenvalue weighted by Crippen LogP contribution is 2.23. The molecule has 2 aliphatic rings. The molecule has 3 rings (SSSR count). The van der Waals surface area contributed by atoms with Gasteiger partial charge in [-0.05, 0) is 43.1 Å². The lowest BCUT2D eigenvalue weighted by Gasteiger charge is -2.23. The molecule has 1 aromatic rings. The Bertz CT molecular complexity index is 599. The van der Waals surface area contributed by atoms with Crippen LogP contribution in [0.25, 0.3) is 0 Å². The van der Waals surface area contributed by atoms with Crippen LogP contribution in [-0.4, -0.2) is 42.4 Å². The van der Waals surface area contributed by atoms with Crippen LogP contribution in [0.2, 0.25) is 5.02 Å². The summed E-state index contributed by atoms with van der Waals surface area (Å²) >= 11 is 5.79. The zero-order valence-corrected chi connectivity index (χ0v) is 13.4. The molecular formula is C16H19ClFN3O2. The molecule has 2 aliphatic heterocycles. The topological polar surface area (TPSA) is 61.4 Å². The molecule has 0 saturated carbocycles. The molecule has 7 heteroatoms. The predicted molar refractivity (Wildman–Crippen MR) is 84.4 cm³/mol. The van der Waals surface area contributed by atoms with E-state index in [1.807, 2.05) is 4.90 Å². The highest BCUT2D eigenvalue weighted by atomic mass is 35.5. The largest absolute Gasteiger partial charge is 0.351 e. The van der Waals surface area contributed by atoms with Crippen molar-refractivity contribution < 1.29 is 14.0 Å². The number of benzene rings is 1. The van der Waals surface area contributed by atoms with Crippen LogP contribution in [0.3, 0.4) is 0 Å². The van der Waals surface area contributed by atoms with E-state index in [0.717, 1.165) is 19.5 Å². The third kappa shape index (κ3) is 3.64. The Hall–Kier alpha value is -1.66. The Morgan fingerprint density at radius 1 is 1.39 bits per heavy atom. The van der Waals surface area contributed by atoms with Gasteiger partial charge in [-0.15, -0.1) is 0 Å². The first-order valence-corrected chi connectivity index (χ1v) is 8.16. The monoisotopic (exact) mass is 339 g/mol. The van der Waals surface area contributed by atoms with E-state index in [2.05, 4.69) is 10.6 Å². The second-order valence-corrected chi connectivity index (χ2v) is 6.45. The van der Waals surface area contributed by atoms with Crippen molar-refractivity contribution in [3.05, 3.63) is 34.6 Å². The average Bonchev–Trinajstić information content (AvgIpc) is 3.13. The van der Waals surface area contributed by atoms with Crippen molar-refractivity contribution in [3.8, 4) is 0 Å². The van der Waals surface area contributed by atoms with Crippen LogP contribution < -0.4 is 10.6 Å². The van der Waals surface area contributed by atoms with E-state index < -0.39 is 11.7 Å². The van der Waals surface area contributed by atoms with Crippen LogP contribution in [-0.2, 0) is 16.1 Å². The molecule has 0 bridgehead atoms. The molecule has 2 unspecified atom stereocenters. The molecule has 0 aromatic heterocycles. The van der Waals surface area contributed by atoms with E-state index in [9.17, 15) is 14.0 Å². The van der Waals surface area contributed by atoms with Crippen molar-refractivity contribution in [2.45, 2.75) is 25.4 Å². The second kappa shape index (κ2) is 6.84. The zero-order chi connectivity index (χ0) is 16.4. The van der Waals surface area contributed by atoms with Crippen LogP contribution in [0.5, 0.6) is 0 Å². The average molecular weight is 340 g/mol. The molecule has 2 saturated heterocycles. The van der Waals surface area contributed by atoms with Crippen molar-refractivity contribution in [3.63, 3.8) is 0 Å². The maximum Gasteiger partial charge on any atom is 0.235 e. The highest BCUT2D eigenvalue weighted by Gasteiger charge is 2.40. The molecule has 2 amide bonds. The Morgan fingerprint density at radius 2 is 2.22 bits per heavy atom. The first kappa shape index (κ1) is 16.2. The van der Waals surface area contributed by atoms with Gasteiger partial charge < -0.3 is 15.5 Å². The first-order chi connectivity index (χ1) is 11.0. The van der Waals surface area contributed by atoms with Crippen molar-refractivity contribution in [1.82, 2.24) is 15.5 Å². The fourth-order valence-corrected chi connectivity index (χ4v) is 3.48. The quantitative estimate of drug-likeness (QED) is 0.813. The minimum atomic E-state index is -0.639. The smallest absolute Gasteiger partial charge is 0.235 e. The number of nitrogens with zero attached hydrogens (tertiary/aromatic N) is 1. The molecule has 2 heterocycles. The molecule has 1 aromatic carbocycles. The summed E-state index contributed by atoms with van der Waals surface area (Å²) in [4.78, 5) is 26.5. The standard InChI is InChI=1S/C16H19ClFN3O2/c17-11-5-10(6-12(18)7-11)8-20-15(22)14-2-4-21(16(14)23)13-1-3-19-9-13/h5-7,13-14,19H,1-4,8-9H2,(H,20,22). The van der Waals surface area contributed by atoms with Crippen molar-refractivity contribution >= 4 is 23.4 Å². The minimum absolute atomic E-state index is 0.103. The van der Waals surface area contributed by atoms with Crippen LogP contribution >= 0.6 is 11.6 Å². The van der Waals surface area contributed by atoms with Gasteiger partial charge >= 0.3 is 0 Å². The zero-order valence-electron chi connectivity index (χ0n) is 12.6. The van der Waals surface area contributed by atoms with Gasteiger partial charge in [-0.25, -0.2) is 4.39 Å². The van der Waals surface area contributed by atoms with Crippen LogP contribution in [0, 0.1) is 11.7 Å². The fraction of sp³-hybridized carbons (Fsp3) is 0.500. The van der Waals surface area contributed by atoms with Gasteiger partial charge in [0.05, 0.1) is 0 Å². The number of carbonyl (C=O) groups is 2. The summed E-state index contributed by atoms with van der Waals surface area (Å²) in [7, 11) is 0. The molecule has 5 nitrogen and oxygen atoms in total. The minimum Gasteiger partial charge on any atom is -0.351 e. The molecule has 124 valence electrons. The molecule has 2 N–H and O–H groups in total. The van der Waals surface area contributed by atoms with E-state index >= 15 is 0 Å². The fourth-order valence-electron chi connectivity index (χ4n) is 3.24. The second-order valence-electron chi connectivity index (χ2n) is 6.02. The number of nitrogens with one attached hydrogen (secondary N) is 2. The molecule has 0 radical (unpaired) electrons. The summed E-state index contributed by atoms with van der Waals surface area (Å²) in [5, 5.41) is 6.22. The number of carbonyl (C=O) groups excluding carboxylic acids is 2. The lowest BCUT2D eigenvalue weighted by atomic mass is 10.1. The van der Waals surface area contributed by atoms with Gasteiger partial charge in [-0.3, -0.25) is 9.59 Å². The van der Waals surface area contributed by atoms with Crippen molar-refractivity contribution in [1.29, 1.82) is 0 Å². The Kier molecular flexibility index (Phi) is 4.82. The molecule has 2 fully saturated rings. The molecule has 0 spiro atoms. The molecular weight excluding hydrogens is 321 g/mol. The van der Waals surface area contributed by atoms with Crippen LogP contribution in [0.15, 0.2) is 18.2 Å². The number of likely N-dealkylation sites (tertiary alicyclic amines) is 1. The number of hydrogen-bond donors (Lipinski definition) is 2. The number of rotatable bonds is 4. The third-order valence-electron chi connectivity index (χ3n) is 4.42. The Morgan fingerprint density at radius 3 is 2.91 bits per heavy atom. The first-order valence-electron chi connectivity index (χ1n) is 7.78. The summed E-state index contributed by atoms with van der Waals surface area (Å²) < 4.78 is 13.3. The summed E-state index contributed by atoms with van der Waals surface area (Å²) in [6, 6.07) is 4.32. The summed E-state index contributed by atoms with van der Waals surface area (Å²) in [6.07, 6.45) is 1.47. The molecule has 2 atom stereocenters. The third-order valence-corrected chi connectivity index (χ3v) is 4.64. The molecule has 0 aliphatic carbocycles. The Balaban J connectivity index is 1.57. The van der Waals surface area contributed by atoms with Crippen molar-refractivity contribution in [2.75, 3.05) is 19.6 Å². The van der Waals surface area contributed by atoms with Crippen LogP contribution in [0.1, 0.15) is 18.4 Å². The van der Waals surface area contributed by atoms with E-state index in [4.69, 9.17) is 11.6 Å². The Labute approximate surface area is 139 Å². The number of hydrogen-bond acceptors (Lipinski definition) is 3.